The van der Waals surface area contributed by atoms with Crippen LogP contribution < -0.4 is 9.47 Å². The van der Waals surface area contributed by atoms with Crippen LogP contribution in [-0.4, -0.2) is 5.78 Å². The summed E-state index contributed by atoms with van der Waals surface area (Å²) in [5.41, 5.74) is 2.13. The highest BCUT2D eigenvalue weighted by Crippen LogP contribution is 2.38. The number of carbonyl (C=O) groups excluding carboxylic acids is 1. The van der Waals surface area contributed by atoms with E-state index in [0.29, 0.717) is 32.9 Å². The van der Waals surface area contributed by atoms with Crippen molar-refractivity contribution in [3.05, 3.63) is 86.5 Å². The number of Topliss-reactive ketones (excluding diaryl/α,β-unsaturated/α-hetero) is 1. The van der Waals surface area contributed by atoms with E-state index in [1.807, 2.05) is 32.0 Å². The third-order valence-corrected chi connectivity index (χ3v) is 4.97. The first-order chi connectivity index (χ1) is 13.4. The number of aryl methyl sites for hydroxylation is 2. The SMILES string of the molecule is Cc1ccc(/C=C2\Oc3cc(OCc4ccc(Cl)cc4Cl)cc(C)c3C2=O)o1. The van der Waals surface area contributed by atoms with Crippen LogP contribution >= 0.6 is 23.2 Å². The van der Waals surface area contributed by atoms with E-state index in [2.05, 4.69) is 0 Å². The van der Waals surface area contributed by atoms with Gasteiger partial charge in [0.25, 0.3) is 0 Å². The second kappa shape index (κ2) is 7.38. The van der Waals surface area contributed by atoms with Crippen molar-refractivity contribution in [2.24, 2.45) is 0 Å². The lowest BCUT2D eigenvalue weighted by Crippen LogP contribution is -2.00. The first-order valence-electron chi connectivity index (χ1n) is 8.63. The summed E-state index contributed by atoms with van der Waals surface area (Å²) in [5.74, 6) is 2.45. The third-order valence-electron chi connectivity index (χ3n) is 4.39. The molecule has 0 bridgehead atoms. The Bertz CT molecular complexity index is 1110. The zero-order valence-electron chi connectivity index (χ0n) is 15.2. The number of halogens is 2. The molecule has 1 aliphatic rings. The molecular formula is C22H16Cl2O4. The highest BCUT2D eigenvalue weighted by Gasteiger charge is 2.30. The van der Waals surface area contributed by atoms with E-state index in [-0.39, 0.29) is 18.1 Å². The minimum atomic E-state index is -0.172. The monoisotopic (exact) mass is 414 g/mol. The average molecular weight is 415 g/mol. The fourth-order valence-corrected chi connectivity index (χ4v) is 3.48. The van der Waals surface area contributed by atoms with Crippen molar-refractivity contribution in [3.8, 4) is 11.5 Å². The standard InChI is InChI=1S/C22H16Cl2O4/c1-12-7-17(26-11-14-4-5-15(23)8-18(14)24)10-19-21(12)22(25)20(28-19)9-16-6-3-13(2)27-16/h3-10H,11H2,1-2H3/b20-9-. The quantitative estimate of drug-likeness (QED) is 0.463. The normalized spacial score (nSPS) is 14.3. The second-order valence-electron chi connectivity index (χ2n) is 6.53. The van der Waals surface area contributed by atoms with E-state index >= 15 is 0 Å². The van der Waals surface area contributed by atoms with E-state index in [0.717, 1.165) is 16.9 Å². The molecule has 0 saturated carbocycles. The lowest BCUT2D eigenvalue weighted by atomic mass is 10.0. The zero-order chi connectivity index (χ0) is 19.8. The molecule has 6 heteroatoms. The summed E-state index contributed by atoms with van der Waals surface area (Å²) in [6.07, 6.45) is 1.60. The number of furan rings is 1. The smallest absolute Gasteiger partial charge is 0.232 e. The van der Waals surface area contributed by atoms with Crippen molar-refractivity contribution in [2.75, 3.05) is 0 Å². The van der Waals surface area contributed by atoms with Crippen LogP contribution in [0.1, 0.15) is 33.0 Å². The molecule has 28 heavy (non-hydrogen) atoms. The number of fused-ring (bicyclic) bond motifs is 1. The summed E-state index contributed by atoms with van der Waals surface area (Å²) in [6.45, 7) is 3.97. The molecule has 2 aromatic carbocycles. The van der Waals surface area contributed by atoms with Gasteiger partial charge < -0.3 is 13.9 Å². The molecule has 0 saturated heterocycles. The van der Waals surface area contributed by atoms with Crippen LogP contribution in [0.25, 0.3) is 6.08 Å². The summed E-state index contributed by atoms with van der Waals surface area (Å²) in [6, 6.07) is 12.4. The maximum absolute atomic E-state index is 12.7. The van der Waals surface area contributed by atoms with E-state index in [1.54, 1.807) is 30.3 Å². The maximum atomic E-state index is 12.7. The van der Waals surface area contributed by atoms with Crippen molar-refractivity contribution in [2.45, 2.75) is 20.5 Å². The minimum absolute atomic E-state index is 0.172. The predicted molar refractivity (Wildman–Crippen MR) is 108 cm³/mol. The van der Waals surface area contributed by atoms with Gasteiger partial charge in [-0.15, -0.1) is 0 Å². The van der Waals surface area contributed by atoms with Crippen LogP contribution in [0.3, 0.4) is 0 Å². The van der Waals surface area contributed by atoms with Gasteiger partial charge in [0.15, 0.2) is 5.76 Å². The lowest BCUT2D eigenvalue weighted by Gasteiger charge is -2.10. The number of carbonyl (C=O) groups is 1. The molecule has 0 fully saturated rings. The topological polar surface area (TPSA) is 48.7 Å². The Morgan fingerprint density at radius 1 is 1.07 bits per heavy atom. The van der Waals surface area contributed by atoms with E-state index < -0.39 is 0 Å². The number of ketones is 1. The summed E-state index contributed by atoms with van der Waals surface area (Å²) in [5, 5.41) is 1.11. The van der Waals surface area contributed by atoms with Gasteiger partial charge in [-0.3, -0.25) is 4.79 Å². The van der Waals surface area contributed by atoms with Crippen molar-refractivity contribution in [1.29, 1.82) is 0 Å². The van der Waals surface area contributed by atoms with Crippen molar-refractivity contribution in [1.82, 2.24) is 0 Å². The number of allylic oxidation sites excluding steroid dienone is 1. The van der Waals surface area contributed by atoms with Crippen LogP contribution in [-0.2, 0) is 6.61 Å². The molecule has 4 rings (SSSR count). The Morgan fingerprint density at radius 2 is 1.89 bits per heavy atom. The van der Waals surface area contributed by atoms with Crippen LogP contribution in [0.4, 0.5) is 0 Å². The number of benzene rings is 2. The largest absolute Gasteiger partial charge is 0.489 e. The van der Waals surface area contributed by atoms with E-state index in [4.69, 9.17) is 37.1 Å². The molecule has 142 valence electrons. The summed E-state index contributed by atoms with van der Waals surface area (Å²) >= 11 is 12.1. The molecule has 0 N–H and O–H groups in total. The third kappa shape index (κ3) is 3.66. The molecule has 0 amide bonds. The Hall–Kier alpha value is -2.69. The molecule has 4 nitrogen and oxygen atoms in total. The summed E-state index contributed by atoms with van der Waals surface area (Å²) in [7, 11) is 0. The second-order valence-corrected chi connectivity index (χ2v) is 7.37. The number of hydrogen-bond acceptors (Lipinski definition) is 4. The molecule has 0 aliphatic carbocycles. The van der Waals surface area contributed by atoms with Gasteiger partial charge in [0.05, 0.1) is 5.56 Å². The molecule has 0 spiro atoms. The Balaban J connectivity index is 1.57. The van der Waals surface area contributed by atoms with Gasteiger partial charge in [-0.25, -0.2) is 0 Å². The Labute approximate surface area is 172 Å². The number of hydrogen-bond donors (Lipinski definition) is 0. The number of ether oxygens (including phenoxy) is 2. The van der Waals surface area contributed by atoms with E-state index in [9.17, 15) is 4.79 Å². The van der Waals surface area contributed by atoms with Crippen LogP contribution in [0.2, 0.25) is 10.0 Å². The fourth-order valence-electron chi connectivity index (χ4n) is 3.02. The molecule has 0 radical (unpaired) electrons. The van der Waals surface area contributed by atoms with Gasteiger partial charge in [-0.05, 0) is 49.7 Å². The fraction of sp³-hybridized carbons (Fsp3) is 0.136. The maximum Gasteiger partial charge on any atom is 0.232 e. The zero-order valence-corrected chi connectivity index (χ0v) is 16.7. The molecule has 0 unspecified atom stereocenters. The molecule has 1 aromatic heterocycles. The molecular weight excluding hydrogens is 399 g/mol. The van der Waals surface area contributed by atoms with Crippen LogP contribution in [0.5, 0.6) is 11.5 Å². The van der Waals surface area contributed by atoms with Gasteiger partial charge in [0, 0.05) is 27.8 Å². The van der Waals surface area contributed by atoms with Crippen LogP contribution in [0, 0.1) is 13.8 Å². The summed E-state index contributed by atoms with van der Waals surface area (Å²) < 4.78 is 17.1. The average Bonchev–Trinajstić information content (AvgIpc) is 3.18. The molecule has 0 atom stereocenters. The molecule has 3 aromatic rings. The Kier molecular flexibility index (Phi) is 4.92. The van der Waals surface area contributed by atoms with Crippen molar-refractivity contribution < 1.29 is 18.7 Å². The van der Waals surface area contributed by atoms with Gasteiger partial charge in [0.2, 0.25) is 5.78 Å². The van der Waals surface area contributed by atoms with Crippen molar-refractivity contribution in [3.63, 3.8) is 0 Å². The predicted octanol–water partition coefficient (Wildman–Crippen LogP) is 6.40. The van der Waals surface area contributed by atoms with Gasteiger partial charge in [0.1, 0.15) is 29.6 Å². The minimum Gasteiger partial charge on any atom is -0.489 e. The first-order valence-corrected chi connectivity index (χ1v) is 9.38. The molecule has 2 heterocycles. The number of rotatable bonds is 4. The Morgan fingerprint density at radius 3 is 2.61 bits per heavy atom. The highest BCUT2D eigenvalue weighted by atomic mass is 35.5. The summed E-state index contributed by atoms with van der Waals surface area (Å²) in [4.78, 5) is 12.7. The van der Waals surface area contributed by atoms with Crippen LogP contribution in [0.15, 0.2) is 52.6 Å². The van der Waals surface area contributed by atoms with E-state index in [1.165, 1.54) is 0 Å². The first kappa shape index (κ1) is 18.7. The van der Waals surface area contributed by atoms with Gasteiger partial charge in [-0.2, -0.15) is 0 Å². The van der Waals surface area contributed by atoms with Crippen molar-refractivity contribution >= 4 is 35.1 Å². The van der Waals surface area contributed by atoms with Gasteiger partial charge in [-0.1, -0.05) is 29.3 Å². The lowest BCUT2D eigenvalue weighted by molar-refractivity contribution is 0.101. The molecule has 1 aliphatic heterocycles. The highest BCUT2D eigenvalue weighted by molar-refractivity contribution is 6.35. The van der Waals surface area contributed by atoms with Gasteiger partial charge >= 0.3 is 0 Å².